The van der Waals surface area contributed by atoms with Crippen molar-refractivity contribution in [3.05, 3.63) is 28.3 Å². The summed E-state index contributed by atoms with van der Waals surface area (Å²) in [7, 11) is 3.90. The van der Waals surface area contributed by atoms with Gasteiger partial charge in [0.25, 0.3) is 0 Å². The molecule has 0 aromatic heterocycles. The number of carboxylic acid groups (broad SMARTS) is 1. The highest BCUT2D eigenvalue weighted by Crippen LogP contribution is 2.37. The normalized spacial score (nSPS) is 23.2. The van der Waals surface area contributed by atoms with Crippen LogP contribution in [0.4, 0.5) is 5.69 Å². The van der Waals surface area contributed by atoms with Crippen molar-refractivity contribution in [3.8, 4) is 0 Å². The number of ether oxygens (including phenoxy) is 1. The zero-order valence-electron chi connectivity index (χ0n) is 16.3. The third kappa shape index (κ3) is 4.90. The Kier molecular flexibility index (Phi) is 7.33. The summed E-state index contributed by atoms with van der Waals surface area (Å²) in [6.45, 7) is 5.74. The molecule has 0 amide bonds. The van der Waals surface area contributed by atoms with E-state index in [4.69, 9.17) is 16.3 Å². The number of halogens is 1. The Bertz CT molecular complexity index is 628. The second-order valence-corrected chi connectivity index (χ2v) is 7.83. The molecule has 0 radical (unpaired) electrons. The van der Waals surface area contributed by atoms with E-state index in [0.717, 1.165) is 56.5 Å². The average molecular weight is 383 g/mol. The smallest absolute Gasteiger partial charge is 0.336 e. The fourth-order valence-electron chi connectivity index (χ4n) is 3.90. The zero-order chi connectivity index (χ0) is 19.3. The molecule has 2 rings (SSSR count). The second kappa shape index (κ2) is 9.07. The SMILES string of the molecule is CCC1(Nc2cc(Cl)cc(C(=O)O)c2C)CCC(N(C)CCOC)CC1. The Labute approximate surface area is 161 Å². The van der Waals surface area contributed by atoms with E-state index < -0.39 is 5.97 Å². The van der Waals surface area contributed by atoms with Gasteiger partial charge in [-0.15, -0.1) is 0 Å². The van der Waals surface area contributed by atoms with Gasteiger partial charge in [0.2, 0.25) is 0 Å². The molecular formula is C20H31ClN2O3. The number of aromatic carboxylic acids is 1. The van der Waals surface area contributed by atoms with E-state index in [2.05, 4.69) is 24.2 Å². The fourth-order valence-corrected chi connectivity index (χ4v) is 4.12. The molecule has 1 aliphatic carbocycles. The molecule has 1 aliphatic rings. The van der Waals surface area contributed by atoms with Crippen molar-refractivity contribution in [2.24, 2.45) is 0 Å². The lowest BCUT2D eigenvalue weighted by Crippen LogP contribution is -2.47. The van der Waals surface area contributed by atoms with E-state index in [1.54, 1.807) is 7.11 Å². The number of nitrogens with one attached hydrogen (secondary N) is 1. The number of benzene rings is 1. The molecule has 0 saturated heterocycles. The minimum Gasteiger partial charge on any atom is -0.478 e. The molecule has 0 bridgehead atoms. The quantitative estimate of drug-likeness (QED) is 0.696. The minimum atomic E-state index is -0.943. The Hall–Kier alpha value is -1.30. The third-order valence-electron chi connectivity index (χ3n) is 5.86. The van der Waals surface area contributed by atoms with Crippen molar-refractivity contribution in [1.29, 1.82) is 0 Å². The fraction of sp³-hybridized carbons (Fsp3) is 0.650. The molecule has 146 valence electrons. The largest absolute Gasteiger partial charge is 0.478 e. The maximum atomic E-state index is 11.5. The first-order valence-corrected chi connectivity index (χ1v) is 9.70. The molecular weight excluding hydrogens is 352 g/mol. The van der Waals surface area contributed by atoms with E-state index in [9.17, 15) is 9.90 Å². The minimum absolute atomic E-state index is 0.0101. The van der Waals surface area contributed by atoms with Gasteiger partial charge in [0.15, 0.2) is 0 Å². The maximum Gasteiger partial charge on any atom is 0.336 e. The first-order valence-electron chi connectivity index (χ1n) is 9.32. The number of rotatable bonds is 8. The number of carbonyl (C=O) groups is 1. The predicted octanol–water partition coefficient (Wildman–Crippen LogP) is 4.43. The number of hydrogen-bond acceptors (Lipinski definition) is 4. The summed E-state index contributed by atoms with van der Waals surface area (Å²) < 4.78 is 5.18. The number of nitrogens with zero attached hydrogens (tertiary/aromatic N) is 1. The molecule has 1 aromatic carbocycles. The van der Waals surface area contributed by atoms with Gasteiger partial charge in [-0.3, -0.25) is 0 Å². The molecule has 0 aliphatic heterocycles. The van der Waals surface area contributed by atoms with Gasteiger partial charge >= 0.3 is 5.97 Å². The number of anilines is 1. The van der Waals surface area contributed by atoms with Crippen LogP contribution in [0.1, 0.15) is 54.9 Å². The van der Waals surface area contributed by atoms with Gasteiger partial charge in [-0.1, -0.05) is 18.5 Å². The van der Waals surface area contributed by atoms with Crippen LogP contribution >= 0.6 is 11.6 Å². The highest BCUT2D eigenvalue weighted by atomic mass is 35.5. The summed E-state index contributed by atoms with van der Waals surface area (Å²) in [5.74, 6) is -0.943. The standard InChI is InChI=1S/C20H31ClN2O3/c1-5-20(8-6-16(7-9-20)23(3)10-11-26-4)22-18-13-15(21)12-17(14(18)2)19(24)25/h12-13,16,22H,5-11H2,1-4H3,(H,24,25). The van der Waals surface area contributed by atoms with Crippen molar-refractivity contribution >= 4 is 23.3 Å². The Morgan fingerprint density at radius 2 is 2.08 bits per heavy atom. The van der Waals surface area contributed by atoms with Gasteiger partial charge in [0.1, 0.15) is 0 Å². The van der Waals surface area contributed by atoms with Gasteiger partial charge in [-0.05, 0) is 63.8 Å². The third-order valence-corrected chi connectivity index (χ3v) is 6.08. The summed E-state index contributed by atoms with van der Waals surface area (Å²) in [6, 6.07) is 3.93. The van der Waals surface area contributed by atoms with Crippen molar-refractivity contribution in [1.82, 2.24) is 4.90 Å². The molecule has 6 heteroatoms. The Morgan fingerprint density at radius 3 is 2.62 bits per heavy atom. The lowest BCUT2D eigenvalue weighted by Gasteiger charge is -2.44. The molecule has 0 atom stereocenters. The second-order valence-electron chi connectivity index (χ2n) is 7.39. The number of methoxy groups -OCH3 is 1. The number of hydrogen-bond donors (Lipinski definition) is 2. The van der Waals surface area contributed by atoms with Crippen LogP contribution in [-0.2, 0) is 4.74 Å². The number of carboxylic acids is 1. The van der Waals surface area contributed by atoms with E-state index in [0.29, 0.717) is 11.1 Å². The molecule has 0 spiro atoms. The van der Waals surface area contributed by atoms with Crippen LogP contribution in [0.2, 0.25) is 5.02 Å². The summed E-state index contributed by atoms with van der Waals surface area (Å²) in [5, 5.41) is 13.5. The van der Waals surface area contributed by atoms with Crippen LogP contribution in [0.3, 0.4) is 0 Å². The number of likely N-dealkylation sites (N-methyl/N-ethyl adjacent to an activating group) is 1. The predicted molar refractivity (Wildman–Crippen MR) is 107 cm³/mol. The summed E-state index contributed by atoms with van der Waals surface area (Å²) >= 11 is 6.16. The molecule has 5 nitrogen and oxygen atoms in total. The van der Waals surface area contributed by atoms with Gasteiger partial charge < -0.3 is 20.1 Å². The van der Waals surface area contributed by atoms with E-state index in [-0.39, 0.29) is 11.1 Å². The van der Waals surface area contributed by atoms with Crippen LogP contribution in [0, 0.1) is 6.92 Å². The first-order chi connectivity index (χ1) is 12.3. The van der Waals surface area contributed by atoms with Crippen molar-refractivity contribution in [2.45, 2.75) is 57.5 Å². The van der Waals surface area contributed by atoms with Gasteiger partial charge in [-0.2, -0.15) is 0 Å². The average Bonchev–Trinajstić information content (AvgIpc) is 2.62. The lowest BCUT2D eigenvalue weighted by atomic mass is 9.77. The summed E-state index contributed by atoms with van der Waals surface area (Å²) in [4.78, 5) is 13.9. The van der Waals surface area contributed by atoms with E-state index in [1.807, 2.05) is 13.0 Å². The van der Waals surface area contributed by atoms with E-state index in [1.165, 1.54) is 6.07 Å². The lowest BCUT2D eigenvalue weighted by molar-refractivity contribution is 0.0696. The molecule has 1 aromatic rings. The maximum absolute atomic E-state index is 11.5. The Balaban J connectivity index is 2.12. The van der Waals surface area contributed by atoms with Crippen LogP contribution in [-0.4, -0.2) is 54.9 Å². The van der Waals surface area contributed by atoms with Crippen LogP contribution in [0.5, 0.6) is 0 Å². The molecule has 0 heterocycles. The van der Waals surface area contributed by atoms with Crippen molar-refractivity contribution < 1.29 is 14.6 Å². The summed E-state index contributed by atoms with van der Waals surface area (Å²) in [6.07, 6.45) is 5.34. The van der Waals surface area contributed by atoms with Crippen molar-refractivity contribution in [3.63, 3.8) is 0 Å². The molecule has 1 fully saturated rings. The first kappa shape index (κ1) is 21.0. The monoisotopic (exact) mass is 382 g/mol. The highest BCUT2D eigenvalue weighted by molar-refractivity contribution is 6.31. The van der Waals surface area contributed by atoms with Crippen LogP contribution in [0.15, 0.2) is 12.1 Å². The van der Waals surface area contributed by atoms with Gasteiger partial charge in [-0.25, -0.2) is 4.79 Å². The highest BCUT2D eigenvalue weighted by Gasteiger charge is 2.35. The molecule has 26 heavy (non-hydrogen) atoms. The van der Waals surface area contributed by atoms with Gasteiger partial charge in [0, 0.05) is 35.9 Å². The van der Waals surface area contributed by atoms with Gasteiger partial charge in [0.05, 0.1) is 12.2 Å². The van der Waals surface area contributed by atoms with Crippen molar-refractivity contribution in [2.75, 3.05) is 32.6 Å². The van der Waals surface area contributed by atoms with Crippen LogP contribution < -0.4 is 5.32 Å². The Morgan fingerprint density at radius 1 is 1.42 bits per heavy atom. The van der Waals surface area contributed by atoms with E-state index >= 15 is 0 Å². The molecule has 0 unspecified atom stereocenters. The summed E-state index contributed by atoms with van der Waals surface area (Å²) in [5.41, 5.74) is 1.83. The zero-order valence-corrected chi connectivity index (χ0v) is 17.0. The molecule has 2 N–H and O–H groups in total. The molecule has 1 saturated carbocycles. The topological polar surface area (TPSA) is 61.8 Å². The van der Waals surface area contributed by atoms with Crippen LogP contribution in [0.25, 0.3) is 0 Å².